The van der Waals surface area contributed by atoms with Crippen molar-refractivity contribution < 1.29 is 17.9 Å². The molecular formula is C21H25F3O. The van der Waals surface area contributed by atoms with Crippen molar-refractivity contribution >= 4 is 0 Å². The maximum atomic E-state index is 14.6. The summed E-state index contributed by atoms with van der Waals surface area (Å²) < 4.78 is 43.3. The van der Waals surface area contributed by atoms with Gasteiger partial charge in [0.25, 0.3) is 0 Å². The summed E-state index contributed by atoms with van der Waals surface area (Å²) in [5.41, 5.74) is 2.15. The molecule has 0 fully saturated rings. The Morgan fingerprint density at radius 2 is 1.64 bits per heavy atom. The van der Waals surface area contributed by atoms with E-state index < -0.39 is 6.61 Å². The Labute approximate surface area is 147 Å². The molecule has 2 aromatic carbocycles. The summed E-state index contributed by atoms with van der Waals surface area (Å²) >= 11 is 0. The minimum atomic E-state index is -2.86. The number of ether oxygens (including phenoxy) is 1. The molecule has 0 aliphatic heterocycles. The first-order chi connectivity index (χ1) is 12.0. The predicted octanol–water partition coefficient (Wildman–Crippen LogP) is 7.17. The highest BCUT2D eigenvalue weighted by molar-refractivity contribution is 5.65. The smallest absolute Gasteiger partial charge is 0.387 e. The van der Waals surface area contributed by atoms with Crippen molar-refractivity contribution in [3.8, 4) is 16.9 Å². The number of unbranched alkanes of at least 4 members (excludes halogenated alkanes) is 1. The Bertz CT molecular complexity index is 653. The number of hydrogen-bond donors (Lipinski definition) is 0. The summed E-state index contributed by atoms with van der Waals surface area (Å²) in [5.74, 6) is 0.173. The Kier molecular flexibility index (Phi) is 7.35. The Morgan fingerprint density at radius 1 is 0.920 bits per heavy atom. The van der Waals surface area contributed by atoms with E-state index in [1.807, 2.05) is 6.07 Å². The lowest BCUT2D eigenvalue weighted by atomic mass is 9.88. The number of alkyl halides is 2. The van der Waals surface area contributed by atoms with E-state index in [4.69, 9.17) is 0 Å². The van der Waals surface area contributed by atoms with Crippen LogP contribution in [0.4, 0.5) is 13.2 Å². The summed E-state index contributed by atoms with van der Waals surface area (Å²) in [7, 11) is 0. The zero-order chi connectivity index (χ0) is 18.2. The fraction of sp³-hybridized carbons (Fsp3) is 0.429. The van der Waals surface area contributed by atoms with E-state index in [0.29, 0.717) is 17.0 Å². The number of hydrogen-bond acceptors (Lipinski definition) is 1. The van der Waals surface area contributed by atoms with Gasteiger partial charge in [0, 0.05) is 5.56 Å². The topological polar surface area (TPSA) is 9.23 Å². The van der Waals surface area contributed by atoms with Crippen LogP contribution in [0.5, 0.6) is 5.75 Å². The maximum Gasteiger partial charge on any atom is 0.387 e. The van der Waals surface area contributed by atoms with E-state index in [0.717, 1.165) is 37.7 Å². The van der Waals surface area contributed by atoms with Gasteiger partial charge in [-0.3, -0.25) is 0 Å². The van der Waals surface area contributed by atoms with E-state index in [2.05, 4.69) is 18.6 Å². The first-order valence-corrected chi connectivity index (χ1v) is 8.89. The molecule has 1 unspecified atom stereocenters. The quantitative estimate of drug-likeness (QED) is 0.466. The van der Waals surface area contributed by atoms with Crippen LogP contribution in [0.2, 0.25) is 0 Å². The molecule has 0 saturated carbocycles. The van der Waals surface area contributed by atoms with E-state index in [-0.39, 0.29) is 11.6 Å². The average molecular weight is 350 g/mol. The van der Waals surface area contributed by atoms with Gasteiger partial charge in [-0.2, -0.15) is 8.78 Å². The van der Waals surface area contributed by atoms with Crippen molar-refractivity contribution in [1.82, 2.24) is 0 Å². The van der Waals surface area contributed by atoms with Crippen molar-refractivity contribution in [2.24, 2.45) is 0 Å². The van der Waals surface area contributed by atoms with Gasteiger partial charge in [0.1, 0.15) is 11.6 Å². The molecule has 0 heterocycles. The normalized spacial score (nSPS) is 12.4. The molecule has 1 nitrogen and oxygen atoms in total. The van der Waals surface area contributed by atoms with Gasteiger partial charge in [-0.25, -0.2) is 4.39 Å². The van der Waals surface area contributed by atoms with Gasteiger partial charge in [0.2, 0.25) is 0 Å². The van der Waals surface area contributed by atoms with Crippen molar-refractivity contribution in [2.45, 2.75) is 58.5 Å². The number of rotatable bonds is 9. The van der Waals surface area contributed by atoms with Crippen LogP contribution in [0.3, 0.4) is 0 Å². The minimum Gasteiger partial charge on any atom is -0.435 e. The molecule has 0 aliphatic rings. The second kappa shape index (κ2) is 9.50. The molecule has 2 rings (SSSR count). The van der Waals surface area contributed by atoms with Crippen LogP contribution in [-0.4, -0.2) is 6.61 Å². The van der Waals surface area contributed by atoms with E-state index in [9.17, 15) is 13.2 Å². The maximum absolute atomic E-state index is 14.6. The van der Waals surface area contributed by atoms with E-state index >= 15 is 0 Å². The summed E-state index contributed by atoms with van der Waals surface area (Å²) in [6, 6.07) is 11.4. The molecule has 1 atom stereocenters. The van der Waals surface area contributed by atoms with Crippen molar-refractivity contribution in [1.29, 1.82) is 0 Å². The highest BCUT2D eigenvalue weighted by atomic mass is 19.3. The molecule has 0 bridgehead atoms. The second-order valence-corrected chi connectivity index (χ2v) is 6.27. The Hall–Kier alpha value is -1.97. The Morgan fingerprint density at radius 3 is 2.20 bits per heavy atom. The van der Waals surface area contributed by atoms with Gasteiger partial charge >= 0.3 is 6.61 Å². The van der Waals surface area contributed by atoms with Crippen LogP contribution in [0.1, 0.15) is 57.4 Å². The van der Waals surface area contributed by atoms with Crippen molar-refractivity contribution in [3.05, 3.63) is 53.8 Å². The largest absolute Gasteiger partial charge is 0.435 e. The fourth-order valence-electron chi connectivity index (χ4n) is 3.11. The lowest BCUT2D eigenvalue weighted by Gasteiger charge is -2.17. The molecule has 0 amide bonds. The summed E-state index contributed by atoms with van der Waals surface area (Å²) in [4.78, 5) is 0. The average Bonchev–Trinajstić information content (AvgIpc) is 2.59. The number of benzene rings is 2. The zero-order valence-electron chi connectivity index (χ0n) is 14.8. The molecule has 2 aromatic rings. The monoisotopic (exact) mass is 350 g/mol. The van der Waals surface area contributed by atoms with E-state index in [1.54, 1.807) is 24.3 Å². The van der Waals surface area contributed by atoms with Gasteiger partial charge < -0.3 is 4.74 Å². The molecule has 0 radical (unpaired) electrons. The molecular weight excluding hydrogens is 325 g/mol. The van der Waals surface area contributed by atoms with Gasteiger partial charge in [-0.05, 0) is 48.1 Å². The molecule has 0 N–H and O–H groups in total. The van der Waals surface area contributed by atoms with Crippen LogP contribution in [0.25, 0.3) is 11.1 Å². The molecule has 0 aromatic heterocycles. The van der Waals surface area contributed by atoms with Crippen LogP contribution < -0.4 is 4.74 Å². The van der Waals surface area contributed by atoms with E-state index in [1.165, 1.54) is 12.1 Å². The zero-order valence-corrected chi connectivity index (χ0v) is 14.8. The third-order valence-electron chi connectivity index (χ3n) is 4.40. The van der Waals surface area contributed by atoms with Crippen LogP contribution in [0.15, 0.2) is 42.5 Å². The molecule has 0 aliphatic carbocycles. The Balaban J connectivity index is 2.20. The third-order valence-corrected chi connectivity index (χ3v) is 4.40. The van der Waals surface area contributed by atoms with Crippen molar-refractivity contribution in [2.75, 3.05) is 0 Å². The van der Waals surface area contributed by atoms with Gasteiger partial charge in [0.15, 0.2) is 0 Å². The lowest BCUT2D eigenvalue weighted by Crippen LogP contribution is -2.01. The summed E-state index contributed by atoms with van der Waals surface area (Å²) in [6.07, 6.45) is 5.47. The van der Waals surface area contributed by atoms with Crippen molar-refractivity contribution in [3.63, 3.8) is 0 Å². The number of halogens is 3. The first kappa shape index (κ1) is 19.4. The van der Waals surface area contributed by atoms with Crippen LogP contribution >= 0.6 is 0 Å². The van der Waals surface area contributed by atoms with Crippen LogP contribution in [0, 0.1) is 5.82 Å². The summed E-state index contributed by atoms with van der Waals surface area (Å²) in [6.45, 7) is 1.45. The minimum absolute atomic E-state index is 0.0679. The third kappa shape index (κ3) is 5.52. The fourth-order valence-corrected chi connectivity index (χ4v) is 3.11. The lowest BCUT2D eigenvalue weighted by molar-refractivity contribution is -0.0498. The molecule has 0 saturated heterocycles. The highest BCUT2D eigenvalue weighted by Crippen LogP contribution is 2.32. The van der Waals surface area contributed by atoms with Crippen LogP contribution in [-0.2, 0) is 0 Å². The van der Waals surface area contributed by atoms with Gasteiger partial charge in [0.05, 0.1) is 0 Å². The van der Waals surface area contributed by atoms with Gasteiger partial charge in [-0.15, -0.1) is 0 Å². The highest BCUT2D eigenvalue weighted by Gasteiger charge is 2.14. The standard InChI is InChI=1S/C21H25F3O/c1-3-5-7-15(6-4-2)17-10-13-19(20(22)14-17)16-8-11-18(12-9-16)25-21(23)24/h8-15,21H,3-7H2,1-2H3. The molecule has 4 heteroatoms. The second-order valence-electron chi connectivity index (χ2n) is 6.27. The molecule has 0 spiro atoms. The molecule has 25 heavy (non-hydrogen) atoms. The SMILES string of the molecule is CCCCC(CCC)c1ccc(-c2ccc(OC(F)F)cc2)c(F)c1. The first-order valence-electron chi connectivity index (χ1n) is 8.89. The summed E-state index contributed by atoms with van der Waals surface area (Å²) in [5, 5.41) is 0. The predicted molar refractivity (Wildman–Crippen MR) is 95.6 cm³/mol. The molecule has 136 valence electrons. The van der Waals surface area contributed by atoms with Gasteiger partial charge in [-0.1, -0.05) is 57.4 Å².